The van der Waals surface area contributed by atoms with E-state index in [0.717, 1.165) is 32.1 Å². The number of rotatable bonds is 15. The second-order valence-electron chi connectivity index (χ2n) is 9.30. The van der Waals surface area contributed by atoms with E-state index in [4.69, 9.17) is 23.7 Å². The van der Waals surface area contributed by atoms with Crippen LogP contribution in [-0.4, -0.2) is 44.0 Å². The summed E-state index contributed by atoms with van der Waals surface area (Å²) in [4.78, 5) is 11.8. The maximum absolute atomic E-state index is 11.8. The Labute approximate surface area is 194 Å². The van der Waals surface area contributed by atoms with E-state index in [1.165, 1.54) is 38.5 Å². The Morgan fingerprint density at radius 1 is 0.875 bits per heavy atom. The van der Waals surface area contributed by atoms with Gasteiger partial charge in [-0.3, -0.25) is 0 Å². The molecule has 0 radical (unpaired) electrons. The predicted octanol–water partition coefficient (Wildman–Crippen LogP) is 6.20. The molecule has 6 heteroatoms. The SMILES string of the molecule is C=C(CC(CC)(CCOC(=O)C(=C)C)OCOC1CCCCC1)OCOC1CCCCC1. The maximum Gasteiger partial charge on any atom is 0.333 e. The Morgan fingerprint density at radius 3 is 1.97 bits per heavy atom. The minimum absolute atomic E-state index is 0.215. The van der Waals surface area contributed by atoms with E-state index in [2.05, 4.69) is 20.1 Å². The second kappa shape index (κ2) is 14.7. The molecule has 32 heavy (non-hydrogen) atoms. The molecular formula is C26H44O6. The third-order valence-electron chi connectivity index (χ3n) is 6.64. The first-order valence-electron chi connectivity index (χ1n) is 12.4. The van der Waals surface area contributed by atoms with Gasteiger partial charge in [0.25, 0.3) is 0 Å². The zero-order chi connectivity index (χ0) is 23.2. The van der Waals surface area contributed by atoms with E-state index in [0.29, 0.717) is 24.2 Å². The van der Waals surface area contributed by atoms with Gasteiger partial charge in [0.15, 0.2) is 6.79 Å². The van der Waals surface area contributed by atoms with Crippen molar-refractivity contribution in [2.75, 3.05) is 20.2 Å². The van der Waals surface area contributed by atoms with Crippen LogP contribution in [-0.2, 0) is 28.5 Å². The maximum atomic E-state index is 11.8. The third-order valence-corrected chi connectivity index (χ3v) is 6.64. The van der Waals surface area contributed by atoms with Gasteiger partial charge in [0.2, 0.25) is 0 Å². The topological polar surface area (TPSA) is 63.2 Å². The van der Waals surface area contributed by atoms with Gasteiger partial charge in [-0.2, -0.15) is 0 Å². The summed E-state index contributed by atoms with van der Waals surface area (Å²) in [5.74, 6) is 0.232. The lowest BCUT2D eigenvalue weighted by molar-refractivity contribution is -0.179. The molecule has 2 rings (SSSR count). The van der Waals surface area contributed by atoms with E-state index < -0.39 is 5.60 Å². The molecule has 2 fully saturated rings. The normalized spacial score (nSPS) is 19.8. The highest BCUT2D eigenvalue weighted by molar-refractivity contribution is 5.86. The van der Waals surface area contributed by atoms with E-state index in [1.54, 1.807) is 6.92 Å². The highest BCUT2D eigenvalue weighted by Crippen LogP contribution is 2.30. The Balaban J connectivity index is 1.84. The zero-order valence-electron chi connectivity index (χ0n) is 20.3. The number of hydrogen-bond donors (Lipinski definition) is 0. The Bertz CT molecular complexity index is 577. The summed E-state index contributed by atoms with van der Waals surface area (Å²) >= 11 is 0. The second-order valence-corrected chi connectivity index (χ2v) is 9.30. The van der Waals surface area contributed by atoms with Gasteiger partial charge in [0, 0.05) is 18.4 Å². The van der Waals surface area contributed by atoms with Gasteiger partial charge in [-0.05, 0) is 39.0 Å². The van der Waals surface area contributed by atoms with Gasteiger partial charge in [0.1, 0.15) is 6.79 Å². The van der Waals surface area contributed by atoms with Crippen molar-refractivity contribution in [2.45, 2.75) is 115 Å². The van der Waals surface area contributed by atoms with Crippen LogP contribution in [0.5, 0.6) is 0 Å². The van der Waals surface area contributed by atoms with Gasteiger partial charge in [-0.15, -0.1) is 0 Å². The van der Waals surface area contributed by atoms with Gasteiger partial charge in [-0.25, -0.2) is 4.79 Å². The number of hydrogen-bond acceptors (Lipinski definition) is 6. The number of ether oxygens (including phenoxy) is 5. The number of carbonyl (C=O) groups excluding carboxylic acids is 1. The smallest absolute Gasteiger partial charge is 0.333 e. The molecule has 0 N–H and O–H groups in total. The van der Waals surface area contributed by atoms with Crippen LogP contribution in [0, 0.1) is 0 Å². The summed E-state index contributed by atoms with van der Waals surface area (Å²) in [5.41, 5.74) is -0.187. The minimum atomic E-state index is -0.577. The lowest BCUT2D eigenvalue weighted by Crippen LogP contribution is -2.36. The standard InChI is InChI=1S/C26H44O6/c1-5-26(16-17-28-25(27)21(2)3,32-20-31-24-14-10-7-11-15-24)18-22(4)29-19-30-23-12-8-6-9-13-23/h23-24H,2,4-20H2,1,3H3. The van der Waals surface area contributed by atoms with E-state index in [-0.39, 0.29) is 38.4 Å². The average molecular weight is 453 g/mol. The fourth-order valence-corrected chi connectivity index (χ4v) is 4.41. The summed E-state index contributed by atoms with van der Waals surface area (Å²) < 4.78 is 29.3. The summed E-state index contributed by atoms with van der Waals surface area (Å²) in [5, 5.41) is 0. The van der Waals surface area contributed by atoms with Crippen LogP contribution in [0.2, 0.25) is 0 Å². The fourth-order valence-electron chi connectivity index (χ4n) is 4.41. The molecule has 0 heterocycles. The van der Waals surface area contributed by atoms with Crippen molar-refractivity contribution in [3.63, 3.8) is 0 Å². The van der Waals surface area contributed by atoms with Crippen LogP contribution in [0.4, 0.5) is 0 Å². The lowest BCUT2D eigenvalue weighted by atomic mass is 9.91. The van der Waals surface area contributed by atoms with E-state index in [9.17, 15) is 4.79 Å². The van der Waals surface area contributed by atoms with Crippen molar-refractivity contribution in [2.24, 2.45) is 0 Å². The van der Waals surface area contributed by atoms with Crippen molar-refractivity contribution in [1.82, 2.24) is 0 Å². The molecular weight excluding hydrogens is 408 g/mol. The highest BCUT2D eigenvalue weighted by Gasteiger charge is 2.32. The molecule has 0 amide bonds. The fraction of sp³-hybridized carbons (Fsp3) is 0.808. The lowest BCUT2D eigenvalue weighted by Gasteiger charge is -2.34. The molecule has 0 aromatic heterocycles. The summed E-state index contributed by atoms with van der Waals surface area (Å²) in [6, 6.07) is 0. The molecule has 1 atom stereocenters. The molecule has 1 unspecified atom stereocenters. The van der Waals surface area contributed by atoms with E-state index in [1.807, 2.05) is 0 Å². The van der Waals surface area contributed by atoms with Crippen LogP contribution in [0.25, 0.3) is 0 Å². The highest BCUT2D eigenvalue weighted by atomic mass is 16.7. The van der Waals surface area contributed by atoms with Crippen LogP contribution in [0.15, 0.2) is 24.5 Å². The first-order chi connectivity index (χ1) is 15.4. The van der Waals surface area contributed by atoms with Crippen LogP contribution in [0.1, 0.15) is 97.3 Å². The van der Waals surface area contributed by atoms with Crippen LogP contribution in [0.3, 0.4) is 0 Å². The van der Waals surface area contributed by atoms with Crippen molar-refractivity contribution in [3.05, 3.63) is 24.5 Å². The Hall–Kier alpha value is -1.37. The molecule has 0 spiro atoms. The summed E-state index contributed by atoms with van der Waals surface area (Å²) in [6.45, 7) is 12.1. The van der Waals surface area contributed by atoms with Crippen molar-refractivity contribution in [1.29, 1.82) is 0 Å². The predicted molar refractivity (Wildman–Crippen MR) is 125 cm³/mol. The molecule has 2 aliphatic rings. The monoisotopic (exact) mass is 452 g/mol. The molecule has 2 aliphatic carbocycles. The first-order valence-corrected chi connectivity index (χ1v) is 12.4. The third kappa shape index (κ3) is 10.1. The first kappa shape index (κ1) is 26.9. The minimum Gasteiger partial charge on any atom is -0.472 e. The molecule has 0 saturated heterocycles. The van der Waals surface area contributed by atoms with Crippen molar-refractivity contribution < 1.29 is 28.5 Å². The largest absolute Gasteiger partial charge is 0.472 e. The Morgan fingerprint density at radius 2 is 1.44 bits per heavy atom. The molecule has 2 saturated carbocycles. The van der Waals surface area contributed by atoms with Crippen LogP contribution >= 0.6 is 0 Å². The number of carbonyl (C=O) groups is 1. The van der Waals surface area contributed by atoms with Gasteiger partial charge < -0.3 is 23.7 Å². The zero-order valence-corrected chi connectivity index (χ0v) is 20.3. The summed E-state index contributed by atoms with van der Waals surface area (Å²) in [6.07, 6.45) is 14.1. The molecule has 6 nitrogen and oxygen atoms in total. The van der Waals surface area contributed by atoms with Gasteiger partial charge in [-0.1, -0.05) is 58.6 Å². The van der Waals surface area contributed by atoms with Crippen molar-refractivity contribution in [3.8, 4) is 0 Å². The van der Waals surface area contributed by atoms with Crippen LogP contribution < -0.4 is 0 Å². The Kier molecular flexibility index (Phi) is 12.4. The van der Waals surface area contributed by atoms with Crippen molar-refractivity contribution >= 4 is 5.97 Å². The molecule has 184 valence electrons. The molecule has 0 aromatic rings. The van der Waals surface area contributed by atoms with Gasteiger partial charge >= 0.3 is 5.97 Å². The quantitative estimate of drug-likeness (QED) is 0.128. The number of esters is 1. The molecule has 0 bridgehead atoms. The average Bonchev–Trinajstić information content (AvgIpc) is 2.80. The molecule has 0 aliphatic heterocycles. The van der Waals surface area contributed by atoms with Gasteiger partial charge in [0.05, 0.1) is 30.2 Å². The molecule has 0 aromatic carbocycles. The summed E-state index contributed by atoms with van der Waals surface area (Å²) in [7, 11) is 0. The van der Waals surface area contributed by atoms with E-state index >= 15 is 0 Å².